The van der Waals surface area contributed by atoms with E-state index in [0.29, 0.717) is 22.3 Å². The van der Waals surface area contributed by atoms with Gasteiger partial charge in [0.05, 0.1) is 24.0 Å². The first-order valence-electron chi connectivity index (χ1n) is 10.1. The van der Waals surface area contributed by atoms with Crippen molar-refractivity contribution in [3.63, 3.8) is 0 Å². The van der Waals surface area contributed by atoms with Crippen molar-refractivity contribution < 1.29 is 19.1 Å². The van der Waals surface area contributed by atoms with Crippen LogP contribution in [0.15, 0.2) is 84.9 Å². The molecule has 0 radical (unpaired) electrons. The van der Waals surface area contributed by atoms with Crippen molar-refractivity contribution in [2.45, 2.75) is 25.0 Å². The number of ether oxygens (including phenoxy) is 2. The Hall–Kier alpha value is -4.28. The van der Waals surface area contributed by atoms with E-state index in [-0.39, 0.29) is 12.8 Å². The third-order valence-electron chi connectivity index (χ3n) is 4.81. The molecule has 0 aliphatic carbocycles. The average molecular weight is 422 g/mol. The number of hydrogen-bond donors (Lipinski definition) is 0. The van der Waals surface area contributed by atoms with Crippen LogP contribution < -0.4 is 0 Å². The summed E-state index contributed by atoms with van der Waals surface area (Å²) in [6.07, 6.45) is 10.00. The molecule has 3 aromatic carbocycles. The smallest absolute Gasteiger partial charge is 0.338 e. The summed E-state index contributed by atoms with van der Waals surface area (Å²) in [7, 11) is 0. The van der Waals surface area contributed by atoms with E-state index in [9.17, 15) is 9.59 Å². The van der Waals surface area contributed by atoms with Gasteiger partial charge >= 0.3 is 11.9 Å². The van der Waals surface area contributed by atoms with Crippen LogP contribution in [-0.4, -0.2) is 11.9 Å². The predicted octanol–water partition coefficient (Wildman–Crippen LogP) is 5.53. The number of carbonyl (C=O) groups is 2. The van der Waals surface area contributed by atoms with Crippen LogP contribution in [0.25, 0.3) is 0 Å². The zero-order valence-electron chi connectivity index (χ0n) is 17.4. The van der Waals surface area contributed by atoms with E-state index in [4.69, 9.17) is 22.3 Å². The number of esters is 2. The number of terminal acetylenes is 2. The van der Waals surface area contributed by atoms with Crippen molar-refractivity contribution in [3.8, 4) is 24.7 Å². The Bertz CT molecular complexity index is 1040. The molecular weight excluding hydrogens is 400 g/mol. The van der Waals surface area contributed by atoms with Crippen LogP contribution in [0.4, 0.5) is 0 Å². The minimum Gasteiger partial charge on any atom is -0.453 e. The topological polar surface area (TPSA) is 52.6 Å². The monoisotopic (exact) mass is 422 g/mol. The SMILES string of the molecule is C#CCC(OC(=O)c1ccccc1)c1ccccc1C(CC#C)OC(=O)c1ccccc1. The Kier molecular flexibility index (Phi) is 7.84. The molecule has 4 heteroatoms. The molecule has 0 aromatic heterocycles. The molecule has 0 saturated heterocycles. The summed E-state index contributed by atoms with van der Waals surface area (Å²) < 4.78 is 11.5. The highest BCUT2D eigenvalue weighted by atomic mass is 16.5. The van der Waals surface area contributed by atoms with Crippen molar-refractivity contribution in [2.75, 3.05) is 0 Å². The van der Waals surface area contributed by atoms with Gasteiger partial charge in [-0.05, 0) is 24.3 Å². The molecule has 158 valence electrons. The molecule has 0 spiro atoms. The van der Waals surface area contributed by atoms with Crippen LogP contribution in [0.3, 0.4) is 0 Å². The Morgan fingerprint density at radius 3 is 1.31 bits per heavy atom. The van der Waals surface area contributed by atoms with E-state index in [1.165, 1.54) is 0 Å². The minimum atomic E-state index is -0.723. The summed E-state index contributed by atoms with van der Waals surface area (Å²) in [6.45, 7) is 0. The maximum atomic E-state index is 12.7. The lowest BCUT2D eigenvalue weighted by Crippen LogP contribution is -2.17. The number of carbonyl (C=O) groups excluding carboxylic acids is 2. The molecule has 4 nitrogen and oxygen atoms in total. The minimum absolute atomic E-state index is 0.158. The Morgan fingerprint density at radius 2 is 0.969 bits per heavy atom. The van der Waals surface area contributed by atoms with Gasteiger partial charge < -0.3 is 9.47 Å². The quantitative estimate of drug-likeness (QED) is 0.354. The van der Waals surface area contributed by atoms with Gasteiger partial charge in [0.2, 0.25) is 0 Å². The lowest BCUT2D eigenvalue weighted by molar-refractivity contribution is 0.0243. The lowest BCUT2D eigenvalue weighted by Gasteiger charge is -2.24. The highest BCUT2D eigenvalue weighted by Crippen LogP contribution is 2.33. The van der Waals surface area contributed by atoms with Crippen molar-refractivity contribution in [3.05, 3.63) is 107 Å². The highest BCUT2D eigenvalue weighted by molar-refractivity contribution is 5.90. The van der Waals surface area contributed by atoms with E-state index in [1.54, 1.807) is 60.7 Å². The second-order valence-electron chi connectivity index (χ2n) is 6.97. The van der Waals surface area contributed by atoms with E-state index in [2.05, 4.69) is 11.8 Å². The van der Waals surface area contributed by atoms with E-state index in [1.807, 2.05) is 24.3 Å². The molecule has 0 heterocycles. The van der Waals surface area contributed by atoms with Gasteiger partial charge in [0.15, 0.2) is 0 Å². The molecule has 3 aromatic rings. The van der Waals surface area contributed by atoms with E-state index >= 15 is 0 Å². The van der Waals surface area contributed by atoms with Crippen molar-refractivity contribution in [1.82, 2.24) is 0 Å². The first-order chi connectivity index (χ1) is 15.6. The molecule has 0 amide bonds. The number of hydrogen-bond acceptors (Lipinski definition) is 4. The molecule has 2 atom stereocenters. The molecule has 0 saturated carbocycles. The Morgan fingerprint density at radius 1 is 0.625 bits per heavy atom. The summed E-state index contributed by atoms with van der Waals surface area (Å²) in [5.74, 6) is 4.14. The lowest BCUT2D eigenvalue weighted by atomic mass is 9.95. The van der Waals surface area contributed by atoms with Crippen LogP contribution in [0.2, 0.25) is 0 Å². The molecule has 0 fully saturated rings. The van der Waals surface area contributed by atoms with Gasteiger partial charge in [-0.15, -0.1) is 24.7 Å². The van der Waals surface area contributed by atoms with E-state index in [0.717, 1.165) is 0 Å². The zero-order valence-corrected chi connectivity index (χ0v) is 17.4. The summed E-state index contributed by atoms with van der Waals surface area (Å²) in [4.78, 5) is 25.3. The maximum Gasteiger partial charge on any atom is 0.338 e. The molecule has 0 aliphatic heterocycles. The fourth-order valence-electron chi connectivity index (χ4n) is 3.28. The van der Waals surface area contributed by atoms with E-state index < -0.39 is 24.1 Å². The summed E-state index contributed by atoms with van der Waals surface area (Å²) in [5.41, 5.74) is 2.14. The Balaban J connectivity index is 1.91. The molecular formula is C28H22O4. The third-order valence-corrected chi connectivity index (χ3v) is 4.81. The number of benzene rings is 3. The van der Waals surface area contributed by atoms with Crippen LogP contribution in [-0.2, 0) is 9.47 Å². The average Bonchev–Trinajstić information content (AvgIpc) is 2.84. The molecule has 3 rings (SSSR count). The standard InChI is InChI=1S/C28H22O4/c1-3-13-25(31-27(29)21-15-7-5-8-16-21)23-19-11-12-20-24(23)26(14-4-2)32-28(30)22-17-9-6-10-18-22/h1-2,5-12,15-20,25-26H,13-14H2. The second kappa shape index (κ2) is 11.2. The first kappa shape index (κ1) is 22.4. The van der Waals surface area contributed by atoms with Crippen molar-refractivity contribution in [2.24, 2.45) is 0 Å². The van der Waals surface area contributed by atoms with Crippen LogP contribution >= 0.6 is 0 Å². The third kappa shape index (κ3) is 5.65. The summed E-state index contributed by atoms with van der Waals surface area (Å²) >= 11 is 0. The van der Waals surface area contributed by atoms with Gasteiger partial charge in [-0.1, -0.05) is 60.7 Å². The van der Waals surface area contributed by atoms with Gasteiger partial charge in [0, 0.05) is 11.1 Å². The first-order valence-corrected chi connectivity index (χ1v) is 10.1. The maximum absolute atomic E-state index is 12.7. The van der Waals surface area contributed by atoms with Crippen molar-refractivity contribution in [1.29, 1.82) is 0 Å². The predicted molar refractivity (Wildman–Crippen MR) is 123 cm³/mol. The number of rotatable bonds is 8. The fourth-order valence-corrected chi connectivity index (χ4v) is 3.28. The molecule has 2 unspecified atom stereocenters. The fraction of sp³-hybridized carbons (Fsp3) is 0.143. The second-order valence-corrected chi connectivity index (χ2v) is 6.97. The summed E-state index contributed by atoms with van der Waals surface area (Å²) in [6, 6.07) is 24.6. The van der Waals surface area contributed by atoms with Gasteiger partial charge in [-0.25, -0.2) is 9.59 Å². The van der Waals surface area contributed by atoms with Crippen LogP contribution in [0.1, 0.15) is 56.9 Å². The molecule has 0 aliphatic rings. The van der Waals surface area contributed by atoms with Gasteiger partial charge in [0.25, 0.3) is 0 Å². The van der Waals surface area contributed by atoms with Crippen LogP contribution in [0.5, 0.6) is 0 Å². The van der Waals surface area contributed by atoms with Crippen LogP contribution in [0, 0.1) is 24.7 Å². The van der Waals surface area contributed by atoms with Gasteiger partial charge in [-0.2, -0.15) is 0 Å². The van der Waals surface area contributed by atoms with Gasteiger partial charge in [-0.3, -0.25) is 0 Å². The largest absolute Gasteiger partial charge is 0.453 e. The normalized spacial score (nSPS) is 11.9. The molecule has 0 bridgehead atoms. The van der Waals surface area contributed by atoms with Gasteiger partial charge in [0.1, 0.15) is 12.2 Å². The zero-order chi connectivity index (χ0) is 22.8. The molecule has 32 heavy (non-hydrogen) atoms. The summed E-state index contributed by atoms with van der Waals surface area (Å²) in [5, 5.41) is 0. The Labute approximate surface area is 188 Å². The van der Waals surface area contributed by atoms with Crippen molar-refractivity contribution >= 4 is 11.9 Å². The highest BCUT2D eigenvalue weighted by Gasteiger charge is 2.26. The molecule has 0 N–H and O–H groups in total.